The van der Waals surface area contributed by atoms with Gasteiger partial charge in [-0.3, -0.25) is 4.79 Å². The molecule has 0 radical (unpaired) electrons. The first-order valence-corrected chi connectivity index (χ1v) is 7.85. The number of benzene rings is 1. The van der Waals surface area contributed by atoms with E-state index < -0.39 is 15.3 Å². The Hall–Kier alpha value is -1.86. The molecular weight excluding hydrogens is 278 g/mol. The molecule has 0 aliphatic carbocycles. The number of primary sulfonamides is 1. The quantitative estimate of drug-likeness (QED) is 0.878. The molecule has 1 atom stereocenters. The van der Waals surface area contributed by atoms with E-state index in [0.29, 0.717) is 0 Å². The van der Waals surface area contributed by atoms with E-state index in [4.69, 9.17) is 5.14 Å². The fourth-order valence-electron chi connectivity index (χ4n) is 2.65. The van der Waals surface area contributed by atoms with Crippen LogP contribution in [-0.2, 0) is 21.9 Å². The predicted octanol–water partition coefficient (Wildman–Crippen LogP) is 0.572. The van der Waals surface area contributed by atoms with Gasteiger partial charge in [-0.15, -0.1) is 0 Å². The van der Waals surface area contributed by atoms with Gasteiger partial charge >= 0.3 is 0 Å². The third-order valence-corrected chi connectivity index (χ3v) is 4.99. The molecule has 1 aliphatic rings. The van der Waals surface area contributed by atoms with Gasteiger partial charge in [-0.25, -0.2) is 13.6 Å². The van der Waals surface area contributed by atoms with Crippen LogP contribution in [0, 0.1) is 0 Å². The maximum atomic E-state index is 12.1. The molecule has 0 bridgehead atoms. The van der Waals surface area contributed by atoms with E-state index in [0.717, 1.165) is 16.6 Å². The number of rotatable bonds is 2. The highest BCUT2D eigenvalue weighted by Gasteiger charge is 2.37. The summed E-state index contributed by atoms with van der Waals surface area (Å²) in [6.07, 6.45) is 1.86. The number of aromatic nitrogens is 1. The van der Waals surface area contributed by atoms with Crippen LogP contribution in [0.5, 0.6) is 0 Å². The van der Waals surface area contributed by atoms with E-state index in [-0.39, 0.29) is 18.9 Å². The van der Waals surface area contributed by atoms with E-state index in [2.05, 4.69) is 0 Å². The number of sulfonamides is 1. The third-order valence-electron chi connectivity index (χ3n) is 3.75. The molecule has 3 rings (SSSR count). The lowest BCUT2D eigenvalue weighted by molar-refractivity contribution is -0.117. The summed E-state index contributed by atoms with van der Waals surface area (Å²) in [6.45, 7) is 0.117. The number of carbonyl (C=O) groups is 1. The lowest BCUT2D eigenvalue weighted by atomic mass is 10.2. The zero-order valence-electron chi connectivity index (χ0n) is 11.0. The molecule has 0 saturated carbocycles. The van der Waals surface area contributed by atoms with Crippen LogP contribution in [-0.4, -0.2) is 30.7 Å². The summed E-state index contributed by atoms with van der Waals surface area (Å²) in [5.41, 5.74) is 1.73. The second-order valence-corrected chi connectivity index (χ2v) is 6.90. The van der Waals surface area contributed by atoms with Crippen LogP contribution in [0.1, 0.15) is 6.42 Å². The normalized spacial score (nSPS) is 20.0. The molecule has 106 valence electrons. The maximum Gasteiger partial charge on any atom is 0.228 e. The SMILES string of the molecule is Cn1ccc2c(N3CC(S(N)(=O)=O)CC3=O)cccc21. The van der Waals surface area contributed by atoms with Gasteiger partial charge in [-0.2, -0.15) is 0 Å². The molecule has 1 aliphatic heterocycles. The van der Waals surface area contributed by atoms with Crippen LogP contribution >= 0.6 is 0 Å². The molecular formula is C13H15N3O3S. The minimum Gasteiger partial charge on any atom is -0.350 e. The number of fused-ring (bicyclic) bond motifs is 1. The minimum atomic E-state index is -3.69. The fraction of sp³-hybridized carbons (Fsp3) is 0.308. The van der Waals surface area contributed by atoms with Gasteiger partial charge in [-0.1, -0.05) is 6.07 Å². The van der Waals surface area contributed by atoms with Crippen molar-refractivity contribution < 1.29 is 13.2 Å². The van der Waals surface area contributed by atoms with Crippen LogP contribution in [0.15, 0.2) is 30.5 Å². The topological polar surface area (TPSA) is 85.4 Å². The molecule has 2 aromatic rings. The maximum absolute atomic E-state index is 12.1. The van der Waals surface area contributed by atoms with E-state index in [1.807, 2.05) is 42.1 Å². The number of nitrogens with two attached hydrogens (primary N) is 1. The van der Waals surface area contributed by atoms with Crippen LogP contribution in [0.25, 0.3) is 10.9 Å². The monoisotopic (exact) mass is 293 g/mol. The molecule has 0 spiro atoms. The number of aryl methyl sites for hydroxylation is 1. The number of nitrogens with zero attached hydrogens (tertiary/aromatic N) is 2. The van der Waals surface area contributed by atoms with Gasteiger partial charge in [0.1, 0.15) is 5.25 Å². The van der Waals surface area contributed by atoms with Gasteiger partial charge < -0.3 is 9.47 Å². The number of carbonyl (C=O) groups excluding carboxylic acids is 1. The number of anilines is 1. The van der Waals surface area contributed by atoms with Crippen molar-refractivity contribution in [1.29, 1.82) is 0 Å². The first-order chi connectivity index (χ1) is 9.38. The summed E-state index contributed by atoms with van der Waals surface area (Å²) in [7, 11) is -1.77. The summed E-state index contributed by atoms with van der Waals surface area (Å²) < 4.78 is 24.8. The van der Waals surface area contributed by atoms with E-state index in [1.54, 1.807) is 0 Å². The first-order valence-electron chi connectivity index (χ1n) is 6.24. The lowest BCUT2D eigenvalue weighted by Crippen LogP contribution is -2.32. The number of amides is 1. The van der Waals surface area contributed by atoms with Crippen LogP contribution < -0.4 is 10.0 Å². The molecule has 1 amide bonds. The van der Waals surface area contributed by atoms with Gasteiger partial charge in [-0.05, 0) is 18.2 Å². The molecule has 20 heavy (non-hydrogen) atoms. The highest BCUT2D eigenvalue weighted by atomic mass is 32.2. The van der Waals surface area contributed by atoms with Crippen molar-refractivity contribution >= 4 is 32.5 Å². The van der Waals surface area contributed by atoms with Crippen molar-refractivity contribution in [2.24, 2.45) is 12.2 Å². The standard InChI is InChI=1S/C13H15N3O3S/c1-15-6-5-10-11(15)3-2-4-12(10)16-8-9(7-13(16)17)20(14,18)19/h2-6,9H,7-8H2,1H3,(H2,14,18,19). The molecule has 2 N–H and O–H groups in total. The molecule has 1 saturated heterocycles. The summed E-state index contributed by atoms with van der Waals surface area (Å²) in [5.74, 6) is -0.208. The Labute approximate surface area is 116 Å². The van der Waals surface area contributed by atoms with Crippen molar-refractivity contribution in [3.63, 3.8) is 0 Å². The first kappa shape index (κ1) is 13.1. The molecule has 2 heterocycles. The Bertz CT molecular complexity index is 794. The Balaban J connectivity index is 2.06. The zero-order chi connectivity index (χ0) is 14.5. The molecule has 1 aromatic carbocycles. The molecule has 6 nitrogen and oxygen atoms in total. The van der Waals surface area contributed by atoms with Gasteiger partial charge in [0.25, 0.3) is 0 Å². The Morgan fingerprint density at radius 1 is 1.30 bits per heavy atom. The summed E-state index contributed by atoms with van der Waals surface area (Å²) in [5, 5.41) is 5.25. The highest BCUT2D eigenvalue weighted by molar-refractivity contribution is 7.89. The van der Waals surface area contributed by atoms with Gasteiger partial charge in [0, 0.05) is 37.1 Å². The Morgan fingerprint density at radius 2 is 2.05 bits per heavy atom. The third kappa shape index (κ3) is 1.99. The van der Waals surface area contributed by atoms with Gasteiger partial charge in [0.2, 0.25) is 15.9 Å². The van der Waals surface area contributed by atoms with E-state index in [9.17, 15) is 13.2 Å². The number of hydrogen-bond donors (Lipinski definition) is 1. The summed E-state index contributed by atoms with van der Waals surface area (Å²) in [6, 6.07) is 7.56. The second kappa shape index (κ2) is 4.32. The predicted molar refractivity (Wildman–Crippen MR) is 76.8 cm³/mol. The molecule has 1 fully saturated rings. The molecule has 7 heteroatoms. The van der Waals surface area contributed by atoms with Crippen molar-refractivity contribution in [2.75, 3.05) is 11.4 Å². The average Bonchev–Trinajstić information content (AvgIpc) is 2.93. The molecule has 1 aromatic heterocycles. The van der Waals surface area contributed by atoms with Crippen molar-refractivity contribution in [3.8, 4) is 0 Å². The van der Waals surface area contributed by atoms with Crippen LogP contribution in [0.3, 0.4) is 0 Å². The van der Waals surface area contributed by atoms with Gasteiger partial charge in [0.05, 0.1) is 5.69 Å². The van der Waals surface area contributed by atoms with Crippen LogP contribution in [0.4, 0.5) is 5.69 Å². The van der Waals surface area contributed by atoms with Crippen molar-refractivity contribution in [3.05, 3.63) is 30.5 Å². The summed E-state index contributed by atoms with van der Waals surface area (Å²) >= 11 is 0. The van der Waals surface area contributed by atoms with Gasteiger partial charge in [0.15, 0.2) is 0 Å². The molecule has 1 unspecified atom stereocenters. The van der Waals surface area contributed by atoms with E-state index in [1.165, 1.54) is 4.90 Å². The van der Waals surface area contributed by atoms with Crippen molar-refractivity contribution in [1.82, 2.24) is 4.57 Å². The zero-order valence-corrected chi connectivity index (χ0v) is 11.8. The van der Waals surface area contributed by atoms with E-state index >= 15 is 0 Å². The average molecular weight is 293 g/mol. The number of hydrogen-bond acceptors (Lipinski definition) is 3. The Kier molecular flexibility index (Phi) is 2.84. The lowest BCUT2D eigenvalue weighted by Gasteiger charge is -2.17. The minimum absolute atomic E-state index is 0.0535. The summed E-state index contributed by atoms with van der Waals surface area (Å²) in [4.78, 5) is 13.6. The Morgan fingerprint density at radius 3 is 2.70 bits per heavy atom. The second-order valence-electron chi connectivity index (χ2n) is 5.06. The fourth-order valence-corrected chi connectivity index (χ4v) is 3.38. The largest absolute Gasteiger partial charge is 0.350 e. The smallest absolute Gasteiger partial charge is 0.228 e. The van der Waals surface area contributed by atoms with Crippen LogP contribution in [0.2, 0.25) is 0 Å². The highest BCUT2D eigenvalue weighted by Crippen LogP contribution is 2.31. The van der Waals surface area contributed by atoms with Crippen molar-refractivity contribution in [2.45, 2.75) is 11.7 Å².